The third-order valence-corrected chi connectivity index (χ3v) is 4.29. The van der Waals surface area contributed by atoms with Crippen LogP contribution in [0.2, 0.25) is 0 Å². The summed E-state index contributed by atoms with van der Waals surface area (Å²) in [5, 5.41) is 0. The number of likely N-dealkylation sites (N-methyl/N-ethyl adjacent to an activating group) is 1. The smallest absolute Gasteiger partial charge is 0.183 e. The van der Waals surface area contributed by atoms with Gasteiger partial charge in [0.05, 0.1) is 12.6 Å². The molecule has 0 N–H and O–H groups in total. The number of ether oxygens (including phenoxy) is 1. The molecule has 0 aliphatic heterocycles. The Bertz CT molecular complexity index is 434. The summed E-state index contributed by atoms with van der Waals surface area (Å²) < 4.78 is 5.23. The largest absolute Gasteiger partial charge is 0.497 e. The molecule has 0 heterocycles. The van der Waals surface area contributed by atoms with E-state index in [-0.39, 0.29) is 5.78 Å². The molecule has 1 aromatic carbocycles. The summed E-state index contributed by atoms with van der Waals surface area (Å²) in [4.78, 5) is 15.3. The third-order valence-electron chi connectivity index (χ3n) is 4.29. The van der Waals surface area contributed by atoms with Crippen molar-refractivity contribution in [3.05, 3.63) is 29.8 Å². The molecule has 0 aliphatic carbocycles. The van der Waals surface area contributed by atoms with Crippen LogP contribution in [0.5, 0.6) is 5.75 Å². The molecule has 0 aromatic heterocycles. The van der Waals surface area contributed by atoms with E-state index in [0.29, 0.717) is 0 Å². The SMILES string of the molecule is CCN(CC)C(CC)(CC)C(=O)c1cccc(OC)c1. The Labute approximate surface area is 122 Å². The highest BCUT2D eigenvalue weighted by Gasteiger charge is 2.39. The van der Waals surface area contributed by atoms with Gasteiger partial charge in [-0.15, -0.1) is 0 Å². The summed E-state index contributed by atoms with van der Waals surface area (Å²) in [6, 6.07) is 7.47. The lowest BCUT2D eigenvalue weighted by atomic mass is 9.82. The standard InChI is InChI=1S/C17H27NO2/c1-6-17(7-2,18(8-3)9-4)16(19)14-11-10-12-15(13-14)20-5/h10-13H,6-9H2,1-5H3. The van der Waals surface area contributed by atoms with Crippen LogP contribution < -0.4 is 4.74 Å². The third kappa shape index (κ3) is 3.04. The number of methoxy groups -OCH3 is 1. The molecule has 3 nitrogen and oxygen atoms in total. The van der Waals surface area contributed by atoms with Crippen LogP contribution >= 0.6 is 0 Å². The summed E-state index contributed by atoms with van der Waals surface area (Å²) in [7, 11) is 1.63. The van der Waals surface area contributed by atoms with E-state index in [1.807, 2.05) is 24.3 Å². The number of ketones is 1. The van der Waals surface area contributed by atoms with E-state index in [1.54, 1.807) is 7.11 Å². The molecule has 0 fully saturated rings. The molecule has 0 unspecified atom stereocenters. The summed E-state index contributed by atoms with van der Waals surface area (Å²) in [5.74, 6) is 0.932. The first-order chi connectivity index (χ1) is 9.59. The highest BCUT2D eigenvalue weighted by atomic mass is 16.5. The Balaban J connectivity index is 3.22. The maximum atomic E-state index is 13.1. The van der Waals surface area contributed by atoms with Gasteiger partial charge in [0.2, 0.25) is 0 Å². The summed E-state index contributed by atoms with van der Waals surface area (Å²) in [5.41, 5.74) is 0.329. The predicted molar refractivity (Wildman–Crippen MR) is 83.6 cm³/mol. The maximum Gasteiger partial charge on any atom is 0.183 e. The Hall–Kier alpha value is -1.35. The van der Waals surface area contributed by atoms with Gasteiger partial charge in [-0.3, -0.25) is 9.69 Å². The van der Waals surface area contributed by atoms with Crippen LogP contribution in [-0.2, 0) is 0 Å². The minimum absolute atomic E-state index is 0.199. The van der Waals surface area contributed by atoms with Crippen LogP contribution in [0.15, 0.2) is 24.3 Å². The number of carbonyl (C=O) groups excluding carboxylic acids is 1. The second-order valence-electron chi connectivity index (χ2n) is 4.97. The topological polar surface area (TPSA) is 29.5 Å². The summed E-state index contributed by atoms with van der Waals surface area (Å²) >= 11 is 0. The molecule has 3 heteroatoms. The molecule has 0 radical (unpaired) electrons. The number of nitrogens with zero attached hydrogens (tertiary/aromatic N) is 1. The highest BCUT2D eigenvalue weighted by Crippen LogP contribution is 2.29. The first kappa shape index (κ1) is 16.7. The first-order valence-electron chi connectivity index (χ1n) is 7.53. The Kier molecular flexibility index (Phi) is 6.21. The lowest BCUT2D eigenvalue weighted by Crippen LogP contribution is -2.53. The van der Waals surface area contributed by atoms with E-state index in [9.17, 15) is 4.79 Å². The van der Waals surface area contributed by atoms with Gasteiger partial charge in [-0.25, -0.2) is 0 Å². The molecular formula is C17H27NO2. The molecule has 0 spiro atoms. The van der Waals surface area contributed by atoms with Crippen molar-refractivity contribution >= 4 is 5.78 Å². The number of Topliss-reactive ketones (excluding diaryl/α,β-unsaturated/α-hetero) is 1. The zero-order valence-corrected chi connectivity index (χ0v) is 13.4. The van der Waals surface area contributed by atoms with Gasteiger partial charge < -0.3 is 4.74 Å². The summed E-state index contributed by atoms with van der Waals surface area (Å²) in [6.07, 6.45) is 1.64. The van der Waals surface area contributed by atoms with Crippen molar-refractivity contribution in [2.75, 3.05) is 20.2 Å². The van der Waals surface area contributed by atoms with Gasteiger partial charge >= 0.3 is 0 Å². The lowest BCUT2D eigenvalue weighted by Gasteiger charge is -2.41. The van der Waals surface area contributed by atoms with E-state index < -0.39 is 5.54 Å². The van der Waals surface area contributed by atoms with Gasteiger partial charge in [0.15, 0.2) is 5.78 Å². The molecule has 112 valence electrons. The molecule has 0 saturated heterocycles. The first-order valence-corrected chi connectivity index (χ1v) is 7.53. The van der Waals surface area contributed by atoms with Crippen LogP contribution in [0.4, 0.5) is 0 Å². The van der Waals surface area contributed by atoms with E-state index in [1.165, 1.54) is 0 Å². The number of hydrogen-bond acceptors (Lipinski definition) is 3. The van der Waals surface area contributed by atoms with Crippen molar-refractivity contribution in [3.63, 3.8) is 0 Å². The van der Waals surface area contributed by atoms with Crippen molar-refractivity contribution in [1.82, 2.24) is 4.90 Å². The van der Waals surface area contributed by atoms with Crippen molar-refractivity contribution in [2.45, 2.75) is 46.1 Å². The number of hydrogen-bond donors (Lipinski definition) is 0. The summed E-state index contributed by atoms with van der Waals surface area (Å²) in [6.45, 7) is 10.2. The van der Waals surface area contributed by atoms with Crippen molar-refractivity contribution in [2.24, 2.45) is 0 Å². The number of rotatable bonds is 8. The normalized spacial score (nSPS) is 11.7. The van der Waals surface area contributed by atoms with Crippen LogP contribution in [0.25, 0.3) is 0 Å². The van der Waals surface area contributed by atoms with Crippen molar-refractivity contribution < 1.29 is 9.53 Å². The maximum absolute atomic E-state index is 13.1. The quantitative estimate of drug-likeness (QED) is 0.677. The minimum atomic E-state index is -0.407. The van der Waals surface area contributed by atoms with Gasteiger partial charge in [-0.2, -0.15) is 0 Å². The molecule has 1 aromatic rings. The van der Waals surface area contributed by atoms with Crippen molar-refractivity contribution in [3.8, 4) is 5.75 Å². The highest BCUT2D eigenvalue weighted by molar-refractivity contribution is 6.03. The zero-order chi connectivity index (χ0) is 15.2. The van der Waals surface area contributed by atoms with E-state index in [4.69, 9.17) is 4.74 Å². The van der Waals surface area contributed by atoms with E-state index >= 15 is 0 Å². The van der Waals surface area contributed by atoms with E-state index in [2.05, 4.69) is 32.6 Å². The molecule has 0 saturated carbocycles. The average Bonchev–Trinajstić information content (AvgIpc) is 2.52. The number of carbonyl (C=O) groups is 1. The van der Waals surface area contributed by atoms with Gasteiger partial charge in [-0.05, 0) is 38.1 Å². The lowest BCUT2D eigenvalue weighted by molar-refractivity contribution is 0.0534. The molecule has 1 rings (SSSR count). The second kappa shape index (κ2) is 7.44. The second-order valence-corrected chi connectivity index (χ2v) is 4.97. The predicted octanol–water partition coefficient (Wildman–Crippen LogP) is 3.78. The van der Waals surface area contributed by atoms with Gasteiger partial charge in [0.1, 0.15) is 5.75 Å². The Morgan fingerprint density at radius 2 is 1.75 bits per heavy atom. The van der Waals surface area contributed by atoms with E-state index in [0.717, 1.165) is 37.2 Å². The Morgan fingerprint density at radius 3 is 2.20 bits per heavy atom. The molecule has 0 bridgehead atoms. The van der Waals surface area contributed by atoms with Crippen LogP contribution in [0.3, 0.4) is 0 Å². The molecule has 0 amide bonds. The zero-order valence-electron chi connectivity index (χ0n) is 13.4. The monoisotopic (exact) mass is 277 g/mol. The van der Waals surface area contributed by atoms with Crippen LogP contribution in [0.1, 0.15) is 50.9 Å². The van der Waals surface area contributed by atoms with Gasteiger partial charge in [0, 0.05) is 5.56 Å². The van der Waals surface area contributed by atoms with Crippen molar-refractivity contribution in [1.29, 1.82) is 0 Å². The average molecular weight is 277 g/mol. The fraction of sp³-hybridized carbons (Fsp3) is 0.588. The molecular weight excluding hydrogens is 250 g/mol. The molecule has 0 aliphatic rings. The van der Waals surface area contributed by atoms with Gasteiger partial charge in [-0.1, -0.05) is 39.8 Å². The number of benzene rings is 1. The molecule has 20 heavy (non-hydrogen) atoms. The fourth-order valence-electron chi connectivity index (χ4n) is 3.02. The Morgan fingerprint density at radius 1 is 1.15 bits per heavy atom. The van der Waals surface area contributed by atoms with Gasteiger partial charge in [0.25, 0.3) is 0 Å². The molecule has 0 atom stereocenters. The fourth-order valence-corrected chi connectivity index (χ4v) is 3.02. The van der Waals surface area contributed by atoms with Crippen LogP contribution in [-0.4, -0.2) is 36.4 Å². The van der Waals surface area contributed by atoms with Crippen LogP contribution in [0, 0.1) is 0 Å². The minimum Gasteiger partial charge on any atom is -0.497 e.